The van der Waals surface area contributed by atoms with E-state index in [2.05, 4.69) is 53.0 Å². The van der Waals surface area contributed by atoms with Crippen molar-refractivity contribution in [3.63, 3.8) is 0 Å². The molecule has 1 aromatic rings. The summed E-state index contributed by atoms with van der Waals surface area (Å²) in [6, 6.07) is 7.68. The fraction of sp³-hybridized carbons (Fsp3) is 0.550. The fourth-order valence-corrected chi connectivity index (χ4v) is 9.33. The van der Waals surface area contributed by atoms with Crippen LogP contribution in [0.25, 0.3) is 0 Å². The Hall–Kier alpha value is -1.53. The summed E-state index contributed by atoms with van der Waals surface area (Å²) in [6.45, 7) is 13.8. The van der Waals surface area contributed by atoms with Crippen LogP contribution >= 0.6 is 0 Å². The van der Waals surface area contributed by atoms with E-state index in [0.717, 1.165) is 5.56 Å². The summed E-state index contributed by atoms with van der Waals surface area (Å²) in [5, 5.41) is 0. The molecule has 0 amide bonds. The van der Waals surface area contributed by atoms with E-state index >= 15 is 0 Å². The van der Waals surface area contributed by atoms with Crippen molar-refractivity contribution in [2.45, 2.75) is 70.7 Å². The van der Waals surface area contributed by atoms with Gasteiger partial charge in [-0.2, -0.15) is 0 Å². The summed E-state index contributed by atoms with van der Waals surface area (Å²) < 4.78 is 5.56. The third kappa shape index (κ3) is 3.38. The van der Waals surface area contributed by atoms with E-state index in [1.807, 2.05) is 24.3 Å². The van der Waals surface area contributed by atoms with E-state index in [-0.39, 0.29) is 12.1 Å². The molecule has 1 aliphatic rings. The summed E-state index contributed by atoms with van der Waals surface area (Å²) >= 11 is 0. The van der Waals surface area contributed by atoms with Gasteiger partial charge in [0.2, 0.25) is 0 Å². The average Bonchev–Trinajstić information content (AvgIpc) is 2.46. The van der Waals surface area contributed by atoms with Crippen LogP contribution in [0.15, 0.2) is 24.3 Å². The van der Waals surface area contributed by atoms with Gasteiger partial charge in [-0.25, -0.2) is 4.79 Å². The summed E-state index contributed by atoms with van der Waals surface area (Å²) in [5.74, 6) is 3.11. The minimum Gasteiger partial charge on any atom is -0.445 e. The maximum Gasteiger partial charge on any atom is 0.339 e. The largest absolute Gasteiger partial charge is 0.445 e. The second-order valence-electron chi connectivity index (χ2n) is 7.42. The molecule has 0 radical (unpaired) electrons. The van der Waals surface area contributed by atoms with Crippen LogP contribution in [0.1, 0.15) is 57.5 Å². The molecule has 1 heterocycles. The molecule has 0 bridgehead atoms. The molecule has 1 unspecified atom stereocenters. The first kappa shape index (κ1) is 17.8. The Morgan fingerprint density at radius 1 is 1.04 bits per heavy atom. The highest BCUT2D eigenvalue weighted by Crippen LogP contribution is 2.40. The van der Waals surface area contributed by atoms with Crippen LogP contribution in [0.3, 0.4) is 0 Å². The van der Waals surface area contributed by atoms with E-state index in [1.165, 1.54) is 0 Å². The van der Waals surface area contributed by atoms with Crippen LogP contribution in [0.5, 0.6) is 0 Å². The highest BCUT2D eigenvalue weighted by atomic mass is 28.3. The van der Waals surface area contributed by atoms with Crippen LogP contribution in [-0.2, 0) is 11.2 Å². The van der Waals surface area contributed by atoms with Crippen molar-refractivity contribution in [1.29, 1.82) is 0 Å². The lowest BCUT2D eigenvalue weighted by molar-refractivity contribution is 0.0374. The van der Waals surface area contributed by atoms with Crippen LogP contribution in [0.2, 0.25) is 16.6 Å². The van der Waals surface area contributed by atoms with E-state index in [1.54, 1.807) is 0 Å². The van der Waals surface area contributed by atoms with Gasteiger partial charge in [0.15, 0.2) is 6.10 Å². The summed E-state index contributed by atoms with van der Waals surface area (Å²) in [6.07, 6.45) is 0.397. The minimum absolute atomic E-state index is 0.239. The smallest absolute Gasteiger partial charge is 0.339 e. The molecule has 0 fully saturated rings. The molecule has 0 aromatic heterocycles. The van der Waals surface area contributed by atoms with Crippen molar-refractivity contribution < 1.29 is 9.53 Å². The zero-order valence-electron chi connectivity index (χ0n) is 15.1. The predicted octanol–water partition coefficient (Wildman–Crippen LogP) is 4.99. The lowest BCUT2D eigenvalue weighted by atomic mass is 9.99. The van der Waals surface area contributed by atoms with Crippen LogP contribution in [-0.4, -0.2) is 20.1 Å². The molecule has 0 aliphatic carbocycles. The molecule has 124 valence electrons. The molecule has 0 N–H and O–H groups in total. The number of fused-ring (bicyclic) bond motifs is 1. The third-order valence-corrected chi connectivity index (χ3v) is 11.5. The molecule has 1 aromatic carbocycles. The van der Waals surface area contributed by atoms with Gasteiger partial charge in [-0.05, 0) is 28.3 Å². The summed E-state index contributed by atoms with van der Waals surface area (Å²) in [7, 11) is -1.78. The molecule has 3 heteroatoms. The van der Waals surface area contributed by atoms with Gasteiger partial charge in [-0.1, -0.05) is 65.7 Å². The molecule has 2 rings (SSSR count). The highest BCUT2D eigenvalue weighted by molar-refractivity contribution is 6.90. The maximum atomic E-state index is 12.1. The molecule has 0 saturated heterocycles. The Balaban J connectivity index is 2.32. The zero-order valence-corrected chi connectivity index (χ0v) is 16.1. The fourth-order valence-electron chi connectivity index (χ4n) is 4.05. The molecule has 0 spiro atoms. The first-order valence-electron chi connectivity index (χ1n) is 8.60. The van der Waals surface area contributed by atoms with Crippen molar-refractivity contribution >= 4 is 14.0 Å². The van der Waals surface area contributed by atoms with Crippen molar-refractivity contribution in [2.24, 2.45) is 0 Å². The quantitative estimate of drug-likeness (QED) is 0.444. The Labute approximate surface area is 141 Å². The Morgan fingerprint density at radius 2 is 1.61 bits per heavy atom. The number of hydrogen-bond donors (Lipinski definition) is 0. The Kier molecular flexibility index (Phi) is 5.36. The van der Waals surface area contributed by atoms with Gasteiger partial charge in [-0.3, -0.25) is 0 Å². The Morgan fingerprint density at radius 3 is 2.17 bits per heavy atom. The van der Waals surface area contributed by atoms with Gasteiger partial charge in [0.05, 0.1) is 5.56 Å². The average molecular weight is 329 g/mol. The van der Waals surface area contributed by atoms with Crippen LogP contribution in [0, 0.1) is 11.5 Å². The number of benzene rings is 1. The molecule has 0 saturated carbocycles. The standard InChI is InChI=1S/C20H28O2Si/c1-14(2)23(15(3)4,16(5)6)12-11-18-13-17-9-7-8-10-19(17)20(21)22-18/h7-10,14-16,18H,13H2,1-6H3. The number of esters is 1. The number of hydrogen-bond acceptors (Lipinski definition) is 2. The van der Waals surface area contributed by atoms with Gasteiger partial charge in [0.1, 0.15) is 8.07 Å². The van der Waals surface area contributed by atoms with E-state index in [4.69, 9.17) is 4.74 Å². The maximum absolute atomic E-state index is 12.1. The van der Waals surface area contributed by atoms with Crippen molar-refractivity contribution in [2.75, 3.05) is 0 Å². The summed E-state index contributed by atoms with van der Waals surface area (Å²) in [4.78, 5) is 12.1. The van der Waals surface area contributed by atoms with Gasteiger partial charge in [0, 0.05) is 6.42 Å². The second-order valence-corrected chi connectivity index (χ2v) is 13.0. The van der Waals surface area contributed by atoms with Crippen molar-refractivity contribution in [1.82, 2.24) is 0 Å². The molecule has 2 nitrogen and oxygen atoms in total. The van der Waals surface area contributed by atoms with E-state index < -0.39 is 8.07 Å². The molecule has 1 aliphatic heterocycles. The van der Waals surface area contributed by atoms with Gasteiger partial charge >= 0.3 is 5.97 Å². The topological polar surface area (TPSA) is 26.3 Å². The Bertz CT molecular complexity index is 613. The van der Waals surface area contributed by atoms with Gasteiger partial charge < -0.3 is 4.74 Å². The van der Waals surface area contributed by atoms with Crippen LogP contribution < -0.4 is 0 Å². The number of rotatable bonds is 3. The monoisotopic (exact) mass is 328 g/mol. The highest BCUT2D eigenvalue weighted by Gasteiger charge is 2.42. The first-order valence-corrected chi connectivity index (χ1v) is 10.8. The van der Waals surface area contributed by atoms with Crippen molar-refractivity contribution in [3.05, 3.63) is 35.4 Å². The SMILES string of the molecule is CC(C)[Si](C#CC1Cc2ccccc2C(=O)O1)(C(C)C)C(C)C. The first-order chi connectivity index (χ1) is 10.8. The molecule has 23 heavy (non-hydrogen) atoms. The number of carbonyl (C=O) groups is 1. The zero-order chi connectivity index (χ0) is 17.2. The molecular formula is C20H28O2Si. The number of cyclic esters (lactones) is 1. The lowest BCUT2D eigenvalue weighted by Crippen LogP contribution is -2.43. The normalized spacial score (nSPS) is 17.8. The predicted molar refractivity (Wildman–Crippen MR) is 98.2 cm³/mol. The van der Waals surface area contributed by atoms with Crippen LogP contribution in [0.4, 0.5) is 0 Å². The minimum atomic E-state index is -1.78. The molecular weight excluding hydrogens is 300 g/mol. The van der Waals surface area contributed by atoms with Gasteiger partial charge in [0.25, 0.3) is 0 Å². The summed E-state index contributed by atoms with van der Waals surface area (Å²) in [5.41, 5.74) is 7.15. The number of ether oxygens (including phenoxy) is 1. The van der Waals surface area contributed by atoms with Gasteiger partial charge in [-0.15, -0.1) is 5.54 Å². The van der Waals surface area contributed by atoms with E-state index in [9.17, 15) is 4.79 Å². The lowest BCUT2D eigenvalue weighted by Gasteiger charge is -2.38. The third-order valence-electron chi connectivity index (χ3n) is 5.21. The second kappa shape index (κ2) is 6.92. The molecule has 1 atom stereocenters. The van der Waals surface area contributed by atoms with E-state index in [0.29, 0.717) is 28.6 Å². The van der Waals surface area contributed by atoms with Crippen molar-refractivity contribution in [3.8, 4) is 11.5 Å². The number of carbonyl (C=O) groups excluding carboxylic acids is 1.